The van der Waals surface area contributed by atoms with Crippen LogP contribution in [0.1, 0.15) is 82.3 Å². The number of aliphatic hydroxyl groups is 1. The number of allylic oxidation sites excluding steroid dienone is 2. The molecule has 0 spiro atoms. The minimum atomic E-state index is -0.0850. The smallest absolute Gasteiger partial charge is 0.177 e. The number of anilines is 1. The van der Waals surface area contributed by atoms with Crippen LogP contribution in [0.5, 0.6) is 0 Å². The Bertz CT molecular complexity index is 1360. The van der Waals surface area contributed by atoms with E-state index >= 15 is 0 Å². The third-order valence-corrected chi connectivity index (χ3v) is 11.9. The lowest BCUT2D eigenvalue weighted by atomic mass is 9.45. The summed E-state index contributed by atoms with van der Waals surface area (Å²) in [6.07, 6.45) is 9.37. The summed E-state index contributed by atoms with van der Waals surface area (Å²) < 4.78 is 1.32. The predicted molar refractivity (Wildman–Crippen MR) is 149 cm³/mol. The number of H-pyrrole nitrogens is 2. The SMILES string of the molecule is C[C@]12CC[C@H](O)C[C@@H]1CC[C@H]1[C@@H]2CC[C@]2(C)C3=C(C[C@@H]12)C(c1ccccc1)c1c([nH]c(=S)[nH]c1=S)N3. The highest BCUT2D eigenvalue weighted by Crippen LogP contribution is 2.69. The number of aromatic nitrogens is 2. The Morgan fingerprint density at radius 3 is 2.56 bits per heavy atom. The van der Waals surface area contributed by atoms with Crippen LogP contribution in [-0.4, -0.2) is 21.2 Å². The van der Waals surface area contributed by atoms with Crippen molar-refractivity contribution < 1.29 is 5.11 Å². The molecule has 4 nitrogen and oxygen atoms in total. The van der Waals surface area contributed by atoms with E-state index in [1.165, 1.54) is 43.4 Å². The van der Waals surface area contributed by atoms with Crippen LogP contribution in [0, 0.1) is 43.9 Å². The summed E-state index contributed by atoms with van der Waals surface area (Å²) in [5, 5.41) is 14.3. The molecule has 1 aliphatic heterocycles. The fourth-order valence-electron chi connectivity index (χ4n) is 9.62. The van der Waals surface area contributed by atoms with Crippen molar-refractivity contribution in [3.05, 3.63) is 62.1 Å². The van der Waals surface area contributed by atoms with Crippen LogP contribution in [0.25, 0.3) is 0 Å². The lowest BCUT2D eigenvalue weighted by Gasteiger charge is -2.60. The Morgan fingerprint density at radius 1 is 0.944 bits per heavy atom. The van der Waals surface area contributed by atoms with E-state index < -0.39 is 0 Å². The Kier molecular flexibility index (Phi) is 5.27. The minimum absolute atomic E-state index is 0.0850. The van der Waals surface area contributed by atoms with Gasteiger partial charge in [-0.3, -0.25) is 0 Å². The van der Waals surface area contributed by atoms with Gasteiger partial charge in [-0.25, -0.2) is 0 Å². The van der Waals surface area contributed by atoms with Crippen LogP contribution in [0.4, 0.5) is 5.82 Å². The molecule has 4 N–H and O–H groups in total. The van der Waals surface area contributed by atoms with Crippen molar-refractivity contribution in [1.29, 1.82) is 0 Å². The van der Waals surface area contributed by atoms with Crippen molar-refractivity contribution >= 4 is 30.3 Å². The zero-order valence-electron chi connectivity index (χ0n) is 21.3. The lowest BCUT2D eigenvalue weighted by Crippen LogP contribution is -2.53. The molecule has 8 atom stereocenters. The molecule has 5 aliphatic rings. The van der Waals surface area contributed by atoms with Crippen molar-refractivity contribution in [3.63, 3.8) is 0 Å². The van der Waals surface area contributed by atoms with Crippen molar-refractivity contribution in [3.8, 4) is 0 Å². The second kappa shape index (κ2) is 8.12. The molecule has 1 aromatic carbocycles. The molecule has 6 heteroatoms. The maximum Gasteiger partial charge on any atom is 0.177 e. The van der Waals surface area contributed by atoms with E-state index in [9.17, 15) is 5.11 Å². The number of hydrogen-bond donors (Lipinski definition) is 4. The standard InChI is InChI=1S/C30H37N3OS2/c1-29-12-10-18(34)14-17(29)8-9-19-21(29)11-13-30(2)22(19)15-20-23(16-6-4-3-5-7-16)24-26(31-25(20)30)32-28(36)33-27(24)35/h3-7,17-19,21-23,34H,8-15H2,1-2H3,(H3,31,32,33,35,36)/t17-,18-,19-,21-,22-,23?,29-,30-/m0/s1. The third-order valence-electron chi connectivity index (χ3n) is 11.4. The van der Waals surface area contributed by atoms with Gasteiger partial charge in [0, 0.05) is 22.6 Å². The van der Waals surface area contributed by atoms with Crippen molar-refractivity contribution in [2.75, 3.05) is 5.32 Å². The third kappa shape index (κ3) is 3.19. The van der Waals surface area contributed by atoms with Crippen molar-refractivity contribution in [1.82, 2.24) is 9.97 Å². The quantitative estimate of drug-likeness (QED) is 0.293. The van der Waals surface area contributed by atoms with Gasteiger partial charge in [0.25, 0.3) is 0 Å². The molecule has 0 radical (unpaired) electrons. The number of aromatic amines is 2. The molecular weight excluding hydrogens is 482 g/mol. The van der Waals surface area contributed by atoms with Crippen LogP contribution < -0.4 is 5.32 Å². The summed E-state index contributed by atoms with van der Waals surface area (Å²) in [6, 6.07) is 10.9. The average molecular weight is 520 g/mol. The largest absolute Gasteiger partial charge is 0.393 e. The van der Waals surface area contributed by atoms with Crippen LogP contribution in [-0.2, 0) is 0 Å². The van der Waals surface area contributed by atoms with Gasteiger partial charge in [-0.1, -0.05) is 56.4 Å². The molecule has 3 fully saturated rings. The van der Waals surface area contributed by atoms with E-state index in [1.54, 1.807) is 5.57 Å². The highest BCUT2D eigenvalue weighted by Gasteiger charge is 2.61. The van der Waals surface area contributed by atoms with E-state index in [0.717, 1.165) is 47.1 Å². The summed E-state index contributed by atoms with van der Waals surface area (Å²) >= 11 is 11.4. The van der Waals surface area contributed by atoms with Gasteiger partial charge in [0.15, 0.2) is 4.77 Å². The first-order valence-electron chi connectivity index (χ1n) is 13.9. The molecule has 0 bridgehead atoms. The Labute approximate surface area is 224 Å². The number of rotatable bonds is 1. The number of aliphatic hydroxyl groups excluding tert-OH is 1. The molecule has 0 amide bonds. The summed E-state index contributed by atoms with van der Waals surface area (Å²) in [4.78, 5) is 6.65. The minimum Gasteiger partial charge on any atom is -0.393 e. The van der Waals surface area contributed by atoms with Gasteiger partial charge in [-0.15, -0.1) is 0 Å². The first-order valence-corrected chi connectivity index (χ1v) is 14.7. The number of benzene rings is 1. The Hall–Kier alpha value is -1.76. The van der Waals surface area contributed by atoms with E-state index in [-0.39, 0.29) is 17.4 Å². The van der Waals surface area contributed by atoms with Gasteiger partial charge in [-0.05, 0) is 104 Å². The van der Waals surface area contributed by atoms with Crippen molar-refractivity contribution in [2.24, 2.45) is 34.5 Å². The zero-order chi connectivity index (χ0) is 24.8. The van der Waals surface area contributed by atoms with Crippen LogP contribution in [0.2, 0.25) is 0 Å². The highest BCUT2D eigenvalue weighted by molar-refractivity contribution is 7.72. The molecular formula is C30H37N3OS2. The molecule has 0 saturated heterocycles. The lowest BCUT2D eigenvalue weighted by molar-refractivity contribution is -0.117. The Morgan fingerprint density at radius 2 is 1.75 bits per heavy atom. The molecule has 7 rings (SSSR count). The zero-order valence-corrected chi connectivity index (χ0v) is 22.9. The van der Waals surface area contributed by atoms with E-state index in [4.69, 9.17) is 24.4 Å². The van der Waals surface area contributed by atoms with E-state index in [0.29, 0.717) is 22.0 Å². The van der Waals surface area contributed by atoms with Crippen molar-refractivity contribution in [2.45, 2.75) is 77.2 Å². The summed E-state index contributed by atoms with van der Waals surface area (Å²) in [5.41, 5.74) is 5.96. The van der Waals surface area contributed by atoms with Gasteiger partial charge in [0.1, 0.15) is 10.5 Å². The topological polar surface area (TPSA) is 63.8 Å². The molecule has 4 aliphatic carbocycles. The first-order chi connectivity index (χ1) is 17.3. The molecule has 190 valence electrons. The summed E-state index contributed by atoms with van der Waals surface area (Å²) in [5.74, 6) is 4.01. The number of nitrogens with one attached hydrogen (secondary N) is 3. The number of hydrogen-bond acceptors (Lipinski definition) is 4. The van der Waals surface area contributed by atoms with Gasteiger partial charge >= 0.3 is 0 Å². The molecule has 2 aromatic rings. The molecule has 1 unspecified atom stereocenters. The maximum atomic E-state index is 10.4. The van der Waals surface area contributed by atoms with Crippen LogP contribution >= 0.6 is 24.4 Å². The normalized spacial score (nSPS) is 40.9. The van der Waals surface area contributed by atoms with Gasteiger partial charge < -0.3 is 20.4 Å². The molecule has 1 aromatic heterocycles. The van der Waals surface area contributed by atoms with Gasteiger partial charge in [-0.2, -0.15) is 0 Å². The van der Waals surface area contributed by atoms with Gasteiger partial charge in [0.2, 0.25) is 0 Å². The molecule has 36 heavy (non-hydrogen) atoms. The fraction of sp³-hybridized carbons (Fsp3) is 0.600. The van der Waals surface area contributed by atoms with Gasteiger partial charge in [0.05, 0.1) is 6.10 Å². The second-order valence-corrected chi connectivity index (χ2v) is 13.6. The second-order valence-electron chi connectivity index (χ2n) is 12.8. The first kappa shape index (κ1) is 23.4. The van der Waals surface area contributed by atoms with Crippen LogP contribution in [0.3, 0.4) is 0 Å². The summed E-state index contributed by atoms with van der Waals surface area (Å²) in [6.45, 7) is 5.11. The predicted octanol–water partition coefficient (Wildman–Crippen LogP) is 7.63. The highest BCUT2D eigenvalue weighted by atomic mass is 32.1. The van der Waals surface area contributed by atoms with Crippen LogP contribution in [0.15, 0.2) is 41.6 Å². The van der Waals surface area contributed by atoms with E-state index in [1.807, 2.05) is 0 Å². The molecule has 3 saturated carbocycles. The summed E-state index contributed by atoms with van der Waals surface area (Å²) in [7, 11) is 0. The molecule has 2 heterocycles. The average Bonchev–Trinajstić information content (AvgIpc) is 3.16. The number of fused-ring (bicyclic) bond motifs is 7. The maximum absolute atomic E-state index is 10.4. The van der Waals surface area contributed by atoms with E-state index in [2.05, 4.69) is 59.5 Å². The Balaban J connectivity index is 1.32. The fourth-order valence-corrected chi connectivity index (χ4v) is 10.2. The monoisotopic (exact) mass is 519 g/mol.